The van der Waals surface area contributed by atoms with Crippen LogP contribution in [-0.2, 0) is 11.3 Å². The Morgan fingerprint density at radius 2 is 2.00 bits per heavy atom. The molecule has 1 heterocycles. The van der Waals surface area contributed by atoms with Gasteiger partial charge in [-0.1, -0.05) is 6.92 Å². The van der Waals surface area contributed by atoms with Crippen molar-refractivity contribution in [2.24, 2.45) is 5.92 Å². The third kappa shape index (κ3) is 3.72. The molecule has 0 spiro atoms. The minimum Gasteiger partial charge on any atom is -0.341 e. The van der Waals surface area contributed by atoms with Crippen LogP contribution in [0.15, 0.2) is 27.6 Å². The monoisotopic (exact) mass is 340 g/mol. The molecule has 4 nitrogen and oxygen atoms in total. The summed E-state index contributed by atoms with van der Waals surface area (Å²) in [6, 6.07) is 3.48. The van der Waals surface area contributed by atoms with Gasteiger partial charge in [-0.25, -0.2) is 0 Å². The number of likely N-dealkylation sites (N-methyl/N-ethyl adjacent to an activating group) is 1. The van der Waals surface area contributed by atoms with Crippen LogP contribution in [-0.4, -0.2) is 28.5 Å². The number of hydrogen-bond acceptors (Lipinski definition) is 2. The zero-order chi connectivity index (χ0) is 14.7. The molecule has 1 aliphatic carbocycles. The van der Waals surface area contributed by atoms with Gasteiger partial charge in [0.2, 0.25) is 5.91 Å². The number of nitrogens with zero attached hydrogens (tertiary/aromatic N) is 2. The van der Waals surface area contributed by atoms with E-state index in [1.807, 2.05) is 11.9 Å². The molecule has 0 atom stereocenters. The van der Waals surface area contributed by atoms with Gasteiger partial charge in [0, 0.05) is 29.8 Å². The lowest BCUT2D eigenvalue weighted by atomic mass is 9.87. The van der Waals surface area contributed by atoms with Crippen LogP contribution < -0.4 is 5.56 Å². The third-order valence-corrected chi connectivity index (χ3v) is 4.65. The SMILES string of the molecule is CC1CCC(N(C)C(=O)Cn2cc(Br)ccc2=O)CC1. The molecule has 1 saturated carbocycles. The van der Waals surface area contributed by atoms with E-state index in [0.717, 1.165) is 23.2 Å². The van der Waals surface area contributed by atoms with E-state index in [-0.39, 0.29) is 18.0 Å². The second kappa shape index (κ2) is 6.57. The van der Waals surface area contributed by atoms with Gasteiger partial charge in [-0.05, 0) is 53.6 Å². The predicted octanol–water partition coefficient (Wildman–Crippen LogP) is 2.65. The molecule has 1 amide bonds. The van der Waals surface area contributed by atoms with Crippen molar-refractivity contribution in [2.45, 2.75) is 45.2 Å². The van der Waals surface area contributed by atoms with Crippen LogP contribution >= 0.6 is 15.9 Å². The van der Waals surface area contributed by atoms with Gasteiger partial charge in [0.25, 0.3) is 5.56 Å². The maximum Gasteiger partial charge on any atom is 0.251 e. The predicted molar refractivity (Wildman–Crippen MR) is 82.6 cm³/mol. The van der Waals surface area contributed by atoms with Crippen molar-refractivity contribution < 1.29 is 4.79 Å². The number of pyridine rings is 1. The van der Waals surface area contributed by atoms with Crippen molar-refractivity contribution in [3.63, 3.8) is 0 Å². The average Bonchev–Trinajstić information content (AvgIpc) is 2.43. The quantitative estimate of drug-likeness (QED) is 0.848. The zero-order valence-corrected chi connectivity index (χ0v) is 13.6. The molecule has 5 heteroatoms. The fraction of sp³-hybridized carbons (Fsp3) is 0.600. The molecule has 0 aromatic carbocycles. The Labute approximate surface area is 127 Å². The summed E-state index contributed by atoms with van der Waals surface area (Å²) < 4.78 is 2.26. The van der Waals surface area contributed by atoms with Gasteiger partial charge in [0.15, 0.2) is 0 Å². The minimum absolute atomic E-state index is 0.00440. The highest BCUT2D eigenvalue weighted by Crippen LogP contribution is 2.26. The molecule has 0 unspecified atom stereocenters. The maximum atomic E-state index is 12.3. The summed E-state index contributed by atoms with van der Waals surface area (Å²) in [6.45, 7) is 2.37. The summed E-state index contributed by atoms with van der Waals surface area (Å²) in [4.78, 5) is 25.8. The van der Waals surface area contributed by atoms with Crippen LogP contribution in [0.25, 0.3) is 0 Å². The van der Waals surface area contributed by atoms with E-state index in [2.05, 4.69) is 22.9 Å². The Hall–Kier alpha value is -1.10. The van der Waals surface area contributed by atoms with Crippen molar-refractivity contribution >= 4 is 21.8 Å². The first-order valence-electron chi connectivity index (χ1n) is 7.09. The molecule has 0 saturated heterocycles. The summed E-state index contributed by atoms with van der Waals surface area (Å²) in [7, 11) is 1.85. The van der Waals surface area contributed by atoms with Crippen LogP contribution in [0.1, 0.15) is 32.6 Å². The van der Waals surface area contributed by atoms with Gasteiger partial charge >= 0.3 is 0 Å². The smallest absolute Gasteiger partial charge is 0.251 e. The fourth-order valence-electron chi connectivity index (χ4n) is 2.72. The van der Waals surface area contributed by atoms with Gasteiger partial charge in [-0.15, -0.1) is 0 Å². The lowest BCUT2D eigenvalue weighted by molar-refractivity contribution is -0.133. The Morgan fingerprint density at radius 1 is 1.35 bits per heavy atom. The van der Waals surface area contributed by atoms with E-state index in [0.29, 0.717) is 6.04 Å². The number of carbonyl (C=O) groups is 1. The summed E-state index contributed by atoms with van der Waals surface area (Å²) in [5.41, 5.74) is -0.146. The van der Waals surface area contributed by atoms with Gasteiger partial charge in [-0.2, -0.15) is 0 Å². The highest BCUT2D eigenvalue weighted by molar-refractivity contribution is 9.10. The van der Waals surface area contributed by atoms with E-state index in [1.54, 1.807) is 12.3 Å². The van der Waals surface area contributed by atoms with Gasteiger partial charge in [0.05, 0.1) is 0 Å². The molecule has 2 rings (SSSR count). The highest BCUT2D eigenvalue weighted by Gasteiger charge is 2.24. The zero-order valence-electron chi connectivity index (χ0n) is 12.0. The molecule has 0 bridgehead atoms. The molecule has 1 aliphatic rings. The Kier molecular flexibility index (Phi) is 5.02. The molecular formula is C15H21BrN2O2. The molecule has 1 aromatic heterocycles. The van der Waals surface area contributed by atoms with E-state index in [9.17, 15) is 9.59 Å². The molecule has 20 heavy (non-hydrogen) atoms. The number of aromatic nitrogens is 1. The van der Waals surface area contributed by atoms with E-state index in [4.69, 9.17) is 0 Å². The molecule has 0 aliphatic heterocycles. The van der Waals surface area contributed by atoms with Crippen molar-refractivity contribution in [1.82, 2.24) is 9.47 Å². The summed E-state index contributed by atoms with van der Waals surface area (Å²) in [5.74, 6) is 0.771. The summed E-state index contributed by atoms with van der Waals surface area (Å²) in [5, 5.41) is 0. The Bertz CT molecular complexity index is 533. The first-order valence-corrected chi connectivity index (χ1v) is 7.88. The molecule has 0 N–H and O–H groups in total. The van der Waals surface area contributed by atoms with Crippen LogP contribution in [0, 0.1) is 5.92 Å². The normalized spacial score (nSPS) is 22.6. The standard InChI is InChI=1S/C15H21BrN2O2/c1-11-3-6-13(7-4-11)17(2)15(20)10-18-9-12(16)5-8-14(18)19/h5,8-9,11,13H,3-4,6-7,10H2,1-2H3. The first-order chi connectivity index (χ1) is 9.47. The summed E-state index contributed by atoms with van der Waals surface area (Å²) >= 11 is 3.32. The number of rotatable bonds is 3. The Morgan fingerprint density at radius 3 is 2.65 bits per heavy atom. The first kappa shape index (κ1) is 15.3. The van der Waals surface area contributed by atoms with Crippen LogP contribution in [0.5, 0.6) is 0 Å². The van der Waals surface area contributed by atoms with Crippen molar-refractivity contribution in [1.29, 1.82) is 0 Å². The van der Waals surface area contributed by atoms with Gasteiger partial charge in [0.1, 0.15) is 6.54 Å². The van der Waals surface area contributed by atoms with Crippen molar-refractivity contribution in [3.8, 4) is 0 Å². The molecule has 1 fully saturated rings. The van der Waals surface area contributed by atoms with E-state index >= 15 is 0 Å². The molecule has 1 aromatic rings. The highest BCUT2D eigenvalue weighted by atomic mass is 79.9. The largest absolute Gasteiger partial charge is 0.341 e. The summed E-state index contributed by atoms with van der Waals surface area (Å²) in [6.07, 6.45) is 6.16. The number of hydrogen-bond donors (Lipinski definition) is 0. The van der Waals surface area contributed by atoms with Gasteiger partial charge < -0.3 is 9.47 Å². The topological polar surface area (TPSA) is 42.3 Å². The fourth-order valence-corrected chi connectivity index (χ4v) is 3.10. The second-order valence-electron chi connectivity index (χ2n) is 5.73. The Balaban J connectivity index is 2.00. The number of halogens is 1. The lowest BCUT2D eigenvalue weighted by Crippen LogP contribution is -2.42. The van der Waals surface area contributed by atoms with Crippen LogP contribution in [0.4, 0.5) is 0 Å². The van der Waals surface area contributed by atoms with E-state index in [1.165, 1.54) is 23.5 Å². The average molecular weight is 341 g/mol. The van der Waals surface area contributed by atoms with E-state index < -0.39 is 0 Å². The minimum atomic E-state index is -0.146. The number of amides is 1. The molecule has 0 radical (unpaired) electrons. The third-order valence-electron chi connectivity index (χ3n) is 4.18. The van der Waals surface area contributed by atoms with Crippen LogP contribution in [0.2, 0.25) is 0 Å². The maximum absolute atomic E-state index is 12.3. The second-order valence-corrected chi connectivity index (χ2v) is 6.65. The van der Waals surface area contributed by atoms with Crippen LogP contribution in [0.3, 0.4) is 0 Å². The molecular weight excluding hydrogens is 320 g/mol. The number of carbonyl (C=O) groups excluding carboxylic acids is 1. The molecule has 110 valence electrons. The van der Waals surface area contributed by atoms with Gasteiger partial charge in [-0.3, -0.25) is 9.59 Å². The van der Waals surface area contributed by atoms with Crippen molar-refractivity contribution in [2.75, 3.05) is 7.05 Å². The lowest BCUT2D eigenvalue weighted by Gasteiger charge is -2.33. The van der Waals surface area contributed by atoms with Crippen molar-refractivity contribution in [3.05, 3.63) is 33.2 Å².